The first-order chi connectivity index (χ1) is 9.75. The number of ether oxygens (including phenoxy) is 1. The lowest BCUT2D eigenvalue weighted by atomic mass is 10.0. The van der Waals surface area contributed by atoms with Crippen LogP contribution in [0.25, 0.3) is 0 Å². The molecule has 2 aliphatic rings. The topological polar surface area (TPSA) is 67.3 Å². The normalized spacial score (nSPS) is 25.9. The molecular weight excluding hydrogens is 256 g/mol. The van der Waals surface area contributed by atoms with E-state index in [2.05, 4.69) is 20.2 Å². The van der Waals surface area contributed by atoms with Gasteiger partial charge in [-0.3, -0.25) is 4.79 Å². The number of anilines is 2. The van der Waals surface area contributed by atoms with Crippen LogP contribution in [-0.2, 0) is 9.53 Å². The third kappa shape index (κ3) is 2.60. The van der Waals surface area contributed by atoms with Gasteiger partial charge in [-0.1, -0.05) is 0 Å². The summed E-state index contributed by atoms with van der Waals surface area (Å²) in [7, 11) is 0. The maximum Gasteiger partial charge on any atom is 0.230 e. The van der Waals surface area contributed by atoms with Crippen molar-refractivity contribution in [1.29, 1.82) is 0 Å². The molecule has 108 valence electrons. The van der Waals surface area contributed by atoms with Crippen molar-refractivity contribution in [1.82, 2.24) is 9.97 Å². The van der Waals surface area contributed by atoms with Gasteiger partial charge in [-0.15, -0.1) is 0 Å². The summed E-state index contributed by atoms with van der Waals surface area (Å²) in [5.74, 6) is 0.754. The maximum absolute atomic E-state index is 12.3. The zero-order valence-electron chi connectivity index (χ0n) is 11.7. The molecule has 1 aromatic rings. The molecule has 0 saturated carbocycles. The number of aromatic nitrogens is 2. The monoisotopic (exact) mass is 276 g/mol. The summed E-state index contributed by atoms with van der Waals surface area (Å²) in [6.45, 7) is 4.58. The lowest BCUT2D eigenvalue weighted by Crippen LogP contribution is -2.29. The molecule has 1 aromatic heterocycles. The Morgan fingerprint density at radius 1 is 1.45 bits per heavy atom. The van der Waals surface area contributed by atoms with Crippen LogP contribution in [0.4, 0.5) is 11.5 Å². The summed E-state index contributed by atoms with van der Waals surface area (Å²) in [6, 6.07) is 0. The van der Waals surface area contributed by atoms with Gasteiger partial charge in [0.15, 0.2) is 5.82 Å². The Labute approximate surface area is 118 Å². The predicted molar refractivity (Wildman–Crippen MR) is 75.6 cm³/mol. The van der Waals surface area contributed by atoms with Gasteiger partial charge in [0.25, 0.3) is 0 Å². The van der Waals surface area contributed by atoms with E-state index in [9.17, 15) is 4.79 Å². The molecule has 0 spiro atoms. The predicted octanol–water partition coefficient (Wildman–Crippen LogP) is 1.44. The molecule has 2 unspecified atom stereocenters. The summed E-state index contributed by atoms with van der Waals surface area (Å²) in [5, 5.41) is 2.97. The van der Waals surface area contributed by atoms with E-state index >= 15 is 0 Å². The molecule has 2 fully saturated rings. The molecule has 2 saturated heterocycles. The standard InChI is InChI=1S/C14H20N4O2/c1-10-11(4-7-20-10)14(19)17-12-8-15-9-16-13(12)18-5-2-3-6-18/h8-11H,2-7H2,1H3,(H,17,19). The van der Waals surface area contributed by atoms with E-state index in [4.69, 9.17) is 4.74 Å². The van der Waals surface area contributed by atoms with Gasteiger partial charge in [-0.2, -0.15) is 0 Å². The smallest absolute Gasteiger partial charge is 0.230 e. The Hall–Kier alpha value is -1.69. The summed E-state index contributed by atoms with van der Waals surface area (Å²) < 4.78 is 5.45. The molecule has 1 amide bonds. The Morgan fingerprint density at radius 3 is 2.95 bits per heavy atom. The number of rotatable bonds is 3. The van der Waals surface area contributed by atoms with Gasteiger partial charge in [0.2, 0.25) is 5.91 Å². The quantitative estimate of drug-likeness (QED) is 0.905. The molecule has 0 aromatic carbocycles. The highest BCUT2D eigenvalue weighted by molar-refractivity contribution is 5.95. The molecule has 0 aliphatic carbocycles. The molecule has 3 heterocycles. The highest BCUT2D eigenvalue weighted by atomic mass is 16.5. The SMILES string of the molecule is CC1OCCC1C(=O)Nc1cncnc1N1CCCC1. The lowest BCUT2D eigenvalue weighted by molar-refractivity contribution is -0.121. The average Bonchev–Trinajstić information content (AvgIpc) is 3.10. The van der Waals surface area contributed by atoms with Gasteiger partial charge >= 0.3 is 0 Å². The van der Waals surface area contributed by atoms with E-state index in [0.717, 1.165) is 25.3 Å². The number of carbonyl (C=O) groups excluding carboxylic acids is 1. The van der Waals surface area contributed by atoms with E-state index in [0.29, 0.717) is 12.3 Å². The van der Waals surface area contributed by atoms with E-state index in [1.807, 2.05) is 6.92 Å². The third-order valence-electron chi connectivity index (χ3n) is 4.07. The summed E-state index contributed by atoms with van der Waals surface area (Å²) in [4.78, 5) is 22.9. The van der Waals surface area contributed by atoms with E-state index in [-0.39, 0.29) is 17.9 Å². The molecule has 0 bridgehead atoms. The second-order valence-electron chi connectivity index (χ2n) is 5.41. The lowest BCUT2D eigenvalue weighted by Gasteiger charge is -2.21. The van der Waals surface area contributed by atoms with Crippen LogP contribution < -0.4 is 10.2 Å². The van der Waals surface area contributed by atoms with E-state index in [1.54, 1.807) is 6.20 Å². The second kappa shape index (κ2) is 5.75. The minimum Gasteiger partial charge on any atom is -0.378 e. The van der Waals surface area contributed by atoms with Crippen molar-refractivity contribution in [2.24, 2.45) is 5.92 Å². The summed E-state index contributed by atoms with van der Waals surface area (Å²) in [6.07, 6.45) is 6.31. The zero-order chi connectivity index (χ0) is 13.9. The highest BCUT2D eigenvalue weighted by Crippen LogP contribution is 2.27. The minimum atomic E-state index is -0.0818. The van der Waals surface area contributed by atoms with Crippen molar-refractivity contribution in [3.63, 3.8) is 0 Å². The van der Waals surface area contributed by atoms with Crippen molar-refractivity contribution in [3.05, 3.63) is 12.5 Å². The van der Waals surface area contributed by atoms with Crippen LogP contribution in [0.15, 0.2) is 12.5 Å². The van der Waals surface area contributed by atoms with Crippen LogP contribution in [-0.4, -0.2) is 41.7 Å². The van der Waals surface area contributed by atoms with Gasteiger partial charge in [-0.25, -0.2) is 9.97 Å². The molecule has 0 radical (unpaired) electrons. The van der Waals surface area contributed by atoms with Crippen LogP contribution in [0.5, 0.6) is 0 Å². The van der Waals surface area contributed by atoms with Crippen LogP contribution in [0.2, 0.25) is 0 Å². The second-order valence-corrected chi connectivity index (χ2v) is 5.41. The minimum absolute atomic E-state index is 0.00486. The van der Waals surface area contributed by atoms with Gasteiger partial charge in [0, 0.05) is 19.7 Å². The van der Waals surface area contributed by atoms with E-state index < -0.39 is 0 Å². The number of nitrogens with one attached hydrogen (secondary N) is 1. The summed E-state index contributed by atoms with van der Waals surface area (Å²) in [5.41, 5.74) is 0.707. The molecule has 1 N–H and O–H groups in total. The van der Waals surface area contributed by atoms with Crippen molar-refractivity contribution in [3.8, 4) is 0 Å². The molecule has 6 nitrogen and oxygen atoms in total. The van der Waals surface area contributed by atoms with Gasteiger partial charge in [0.1, 0.15) is 12.0 Å². The third-order valence-corrected chi connectivity index (χ3v) is 4.07. The number of hydrogen-bond acceptors (Lipinski definition) is 5. The van der Waals surface area contributed by atoms with Crippen molar-refractivity contribution in [2.75, 3.05) is 29.9 Å². The number of hydrogen-bond donors (Lipinski definition) is 1. The maximum atomic E-state index is 12.3. The fourth-order valence-corrected chi connectivity index (χ4v) is 2.89. The Kier molecular flexibility index (Phi) is 3.82. The zero-order valence-corrected chi connectivity index (χ0v) is 11.7. The number of carbonyl (C=O) groups is 1. The van der Waals surface area contributed by atoms with Crippen LogP contribution in [0.3, 0.4) is 0 Å². The van der Waals surface area contributed by atoms with Gasteiger partial charge in [-0.05, 0) is 26.2 Å². The van der Waals surface area contributed by atoms with Crippen LogP contribution >= 0.6 is 0 Å². The number of amides is 1. The van der Waals surface area contributed by atoms with E-state index in [1.165, 1.54) is 19.2 Å². The van der Waals surface area contributed by atoms with Crippen LogP contribution in [0, 0.1) is 5.92 Å². The molecule has 2 atom stereocenters. The first-order valence-corrected chi connectivity index (χ1v) is 7.23. The molecule has 6 heteroatoms. The largest absolute Gasteiger partial charge is 0.378 e. The Morgan fingerprint density at radius 2 is 2.25 bits per heavy atom. The molecular formula is C14H20N4O2. The highest BCUT2D eigenvalue weighted by Gasteiger charge is 2.31. The molecule has 3 rings (SSSR count). The number of nitrogens with zero attached hydrogens (tertiary/aromatic N) is 3. The van der Waals surface area contributed by atoms with Crippen molar-refractivity contribution in [2.45, 2.75) is 32.3 Å². The average molecular weight is 276 g/mol. The molecule has 2 aliphatic heterocycles. The first kappa shape index (κ1) is 13.3. The Bertz CT molecular complexity index is 488. The van der Waals surface area contributed by atoms with Gasteiger partial charge in [0.05, 0.1) is 18.2 Å². The first-order valence-electron chi connectivity index (χ1n) is 7.23. The molecule has 20 heavy (non-hydrogen) atoms. The summed E-state index contributed by atoms with van der Waals surface area (Å²) >= 11 is 0. The van der Waals surface area contributed by atoms with Gasteiger partial charge < -0.3 is 15.0 Å². The van der Waals surface area contributed by atoms with Crippen molar-refractivity contribution < 1.29 is 9.53 Å². The van der Waals surface area contributed by atoms with Crippen LogP contribution in [0.1, 0.15) is 26.2 Å². The fraction of sp³-hybridized carbons (Fsp3) is 0.643. The Balaban J connectivity index is 1.75. The fourth-order valence-electron chi connectivity index (χ4n) is 2.89. The van der Waals surface area contributed by atoms with Crippen molar-refractivity contribution >= 4 is 17.4 Å².